The van der Waals surface area contributed by atoms with E-state index in [-0.39, 0.29) is 0 Å². The van der Waals surface area contributed by atoms with Crippen molar-refractivity contribution >= 4 is 27.4 Å². The van der Waals surface area contributed by atoms with Gasteiger partial charge in [0.1, 0.15) is 5.82 Å². The predicted octanol–water partition coefficient (Wildman–Crippen LogP) is 2.88. The average molecular weight is 315 g/mol. The summed E-state index contributed by atoms with van der Waals surface area (Å²) in [5.41, 5.74) is 7.55. The third-order valence-corrected chi connectivity index (χ3v) is 3.98. The van der Waals surface area contributed by atoms with Crippen molar-refractivity contribution in [2.75, 3.05) is 37.2 Å². The highest BCUT2D eigenvalue weighted by Gasteiger charge is 2.07. The zero-order valence-corrected chi connectivity index (χ0v) is 13.0. The number of hydrogen-bond acceptors (Lipinski definition) is 4. The van der Waals surface area contributed by atoms with Crippen LogP contribution < -0.4 is 11.1 Å². The molecule has 3 N–H and O–H groups in total. The van der Waals surface area contributed by atoms with Gasteiger partial charge in [-0.05, 0) is 47.9 Å². The van der Waals surface area contributed by atoms with Crippen LogP contribution in [0.25, 0.3) is 0 Å². The molecule has 0 atom stereocenters. The molecule has 0 aliphatic carbocycles. The summed E-state index contributed by atoms with van der Waals surface area (Å²) in [7, 11) is 0. The minimum atomic E-state index is 0.716. The van der Waals surface area contributed by atoms with Gasteiger partial charge in [0.2, 0.25) is 0 Å². The summed E-state index contributed by atoms with van der Waals surface area (Å²) in [5, 5.41) is 3.35. The number of pyridine rings is 1. The van der Waals surface area contributed by atoms with Crippen LogP contribution in [-0.4, -0.2) is 36.1 Å². The van der Waals surface area contributed by atoms with Gasteiger partial charge in [0.05, 0.1) is 16.4 Å². The van der Waals surface area contributed by atoms with E-state index in [4.69, 9.17) is 5.73 Å². The van der Waals surface area contributed by atoms with Crippen molar-refractivity contribution in [3.63, 3.8) is 0 Å². The van der Waals surface area contributed by atoms with Gasteiger partial charge in [0.15, 0.2) is 0 Å². The van der Waals surface area contributed by atoms with Gasteiger partial charge in [-0.25, -0.2) is 4.98 Å². The van der Waals surface area contributed by atoms with Crippen LogP contribution in [0.2, 0.25) is 0 Å². The first-order valence-corrected chi connectivity index (χ1v) is 7.26. The van der Waals surface area contributed by atoms with Crippen LogP contribution in [-0.2, 0) is 0 Å². The summed E-state index contributed by atoms with van der Waals surface area (Å²) >= 11 is 3.53. The summed E-state index contributed by atoms with van der Waals surface area (Å²) < 4.78 is 0.959. The van der Waals surface area contributed by atoms with E-state index < -0.39 is 0 Å². The van der Waals surface area contributed by atoms with Gasteiger partial charge in [0, 0.05) is 13.1 Å². The number of nitrogens with zero attached hydrogens (tertiary/aromatic N) is 2. The van der Waals surface area contributed by atoms with E-state index in [9.17, 15) is 0 Å². The van der Waals surface area contributed by atoms with Crippen molar-refractivity contribution in [2.24, 2.45) is 0 Å². The van der Waals surface area contributed by atoms with Crippen LogP contribution in [0, 0.1) is 6.92 Å². The normalized spacial score (nSPS) is 10.9. The third kappa shape index (κ3) is 4.14. The van der Waals surface area contributed by atoms with Crippen LogP contribution in [0.3, 0.4) is 0 Å². The molecule has 5 heteroatoms. The van der Waals surface area contributed by atoms with Crippen molar-refractivity contribution in [1.82, 2.24) is 9.88 Å². The third-order valence-electron chi connectivity index (χ3n) is 3.01. The molecule has 0 unspecified atom stereocenters. The zero-order chi connectivity index (χ0) is 13.5. The van der Waals surface area contributed by atoms with Crippen molar-refractivity contribution in [3.05, 3.63) is 16.2 Å². The average Bonchev–Trinajstić information content (AvgIpc) is 2.37. The molecule has 1 aromatic rings. The van der Waals surface area contributed by atoms with Crippen LogP contribution in [0.5, 0.6) is 0 Å². The highest BCUT2D eigenvalue weighted by Crippen LogP contribution is 2.27. The van der Waals surface area contributed by atoms with Crippen molar-refractivity contribution in [3.8, 4) is 0 Å². The van der Waals surface area contributed by atoms with Crippen molar-refractivity contribution in [1.29, 1.82) is 0 Å². The molecule has 0 amide bonds. The van der Waals surface area contributed by atoms with Crippen LogP contribution >= 0.6 is 15.9 Å². The fourth-order valence-electron chi connectivity index (χ4n) is 1.79. The molecule has 18 heavy (non-hydrogen) atoms. The molecule has 0 spiro atoms. The maximum absolute atomic E-state index is 5.80. The molecular formula is C13H23BrN4. The lowest BCUT2D eigenvalue weighted by molar-refractivity contribution is 0.300. The van der Waals surface area contributed by atoms with Gasteiger partial charge in [0.25, 0.3) is 0 Å². The number of likely N-dealkylation sites (N-methyl/N-ethyl adjacent to an activating group) is 1. The monoisotopic (exact) mass is 314 g/mol. The van der Waals surface area contributed by atoms with Gasteiger partial charge >= 0.3 is 0 Å². The van der Waals surface area contributed by atoms with Crippen molar-refractivity contribution < 1.29 is 0 Å². The second-order valence-corrected chi connectivity index (χ2v) is 5.16. The minimum absolute atomic E-state index is 0.716. The Kier molecular flexibility index (Phi) is 6.43. The first kappa shape index (κ1) is 15.2. The van der Waals surface area contributed by atoms with Gasteiger partial charge in [-0.2, -0.15) is 0 Å². The Morgan fingerprint density at radius 3 is 2.72 bits per heavy atom. The Balaban J connectivity index is 2.51. The lowest BCUT2D eigenvalue weighted by Gasteiger charge is -2.20. The molecule has 0 radical (unpaired) electrons. The van der Waals surface area contributed by atoms with E-state index in [2.05, 4.69) is 45.0 Å². The number of hydrogen-bond donors (Lipinski definition) is 2. The van der Waals surface area contributed by atoms with E-state index >= 15 is 0 Å². The molecule has 0 aromatic carbocycles. The molecule has 0 bridgehead atoms. The first-order chi connectivity index (χ1) is 8.60. The molecular weight excluding hydrogens is 292 g/mol. The van der Waals surface area contributed by atoms with E-state index in [1.807, 2.05) is 6.92 Å². The summed E-state index contributed by atoms with van der Waals surface area (Å²) in [5.74, 6) is 0.870. The second-order valence-electron chi connectivity index (χ2n) is 4.36. The van der Waals surface area contributed by atoms with E-state index in [0.29, 0.717) is 5.69 Å². The maximum atomic E-state index is 5.80. The summed E-state index contributed by atoms with van der Waals surface area (Å²) in [6.07, 6.45) is 2.89. The first-order valence-electron chi connectivity index (χ1n) is 6.46. The molecule has 0 aliphatic heterocycles. The molecule has 0 saturated heterocycles. The number of nitrogens with one attached hydrogen (secondary N) is 1. The van der Waals surface area contributed by atoms with Crippen LogP contribution in [0.1, 0.15) is 25.8 Å². The largest absolute Gasteiger partial charge is 0.397 e. The van der Waals surface area contributed by atoms with Gasteiger partial charge in [-0.15, -0.1) is 0 Å². The SMILES string of the molecule is CCCN(CC)CCNc1ncc(N)c(C)c1Br. The zero-order valence-electron chi connectivity index (χ0n) is 11.5. The number of aromatic nitrogens is 1. The molecule has 1 aromatic heterocycles. The Morgan fingerprint density at radius 1 is 1.39 bits per heavy atom. The van der Waals surface area contributed by atoms with Gasteiger partial charge in [-0.1, -0.05) is 13.8 Å². The van der Waals surface area contributed by atoms with Crippen LogP contribution in [0.15, 0.2) is 10.7 Å². The molecule has 0 aliphatic rings. The van der Waals surface area contributed by atoms with Gasteiger partial charge in [-0.3, -0.25) is 0 Å². The standard InChI is InChI=1S/C13H23BrN4/c1-4-7-18(5-2)8-6-16-13-12(14)10(3)11(15)9-17-13/h9H,4-8,15H2,1-3H3,(H,16,17). The second kappa shape index (κ2) is 7.59. The highest BCUT2D eigenvalue weighted by molar-refractivity contribution is 9.10. The predicted molar refractivity (Wildman–Crippen MR) is 82.0 cm³/mol. The number of rotatable bonds is 7. The number of nitrogen functional groups attached to an aromatic ring is 1. The number of nitrogens with two attached hydrogens (primary N) is 1. The smallest absolute Gasteiger partial charge is 0.140 e. The maximum Gasteiger partial charge on any atom is 0.140 e. The van der Waals surface area contributed by atoms with Crippen molar-refractivity contribution in [2.45, 2.75) is 27.2 Å². The topological polar surface area (TPSA) is 54.2 Å². The van der Waals surface area contributed by atoms with Crippen LogP contribution in [0.4, 0.5) is 11.5 Å². The summed E-state index contributed by atoms with van der Waals surface area (Å²) in [4.78, 5) is 6.73. The minimum Gasteiger partial charge on any atom is -0.397 e. The quantitative estimate of drug-likeness (QED) is 0.812. The fraction of sp³-hybridized carbons (Fsp3) is 0.615. The van der Waals surface area contributed by atoms with Gasteiger partial charge < -0.3 is 16.0 Å². The summed E-state index contributed by atoms with van der Waals surface area (Å²) in [6.45, 7) is 10.5. The molecule has 0 saturated carbocycles. The van der Waals surface area contributed by atoms with E-state index in [1.54, 1.807) is 6.20 Å². The summed E-state index contributed by atoms with van der Waals surface area (Å²) in [6, 6.07) is 0. The Hall–Kier alpha value is -0.810. The lowest BCUT2D eigenvalue weighted by atomic mass is 10.2. The Bertz CT molecular complexity index is 381. The van der Waals surface area contributed by atoms with E-state index in [1.165, 1.54) is 6.42 Å². The molecule has 4 nitrogen and oxygen atoms in total. The van der Waals surface area contributed by atoms with E-state index in [0.717, 1.165) is 42.0 Å². The molecule has 1 heterocycles. The number of anilines is 2. The highest BCUT2D eigenvalue weighted by atomic mass is 79.9. The number of halogens is 1. The lowest BCUT2D eigenvalue weighted by Crippen LogP contribution is -2.29. The Morgan fingerprint density at radius 2 is 2.11 bits per heavy atom. The fourth-order valence-corrected chi connectivity index (χ4v) is 2.26. The molecule has 0 fully saturated rings. The molecule has 102 valence electrons. The molecule has 1 rings (SSSR count). The Labute approximate surface area is 118 Å².